The summed E-state index contributed by atoms with van der Waals surface area (Å²) in [6.07, 6.45) is 3.38. The summed E-state index contributed by atoms with van der Waals surface area (Å²) in [5.41, 5.74) is 0. The van der Waals surface area contributed by atoms with E-state index in [1.807, 2.05) is 6.92 Å². The zero-order valence-corrected chi connectivity index (χ0v) is 7.35. The molecule has 0 aromatic rings. The lowest BCUT2D eigenvalue weighted by molar-refractivity contribution is 0.243. The molecule has 64 valence electrons. The standard InChI is InChI=1S/C8H16N2O/c1-4-5-9-8(11)10-6-7(2)3/h4-5,7H,6H2,1-3H3,(H2,9,10,11)/b5-4+. The predicted molar refractivity (Wildman–Crippen MR) is 46.2 cm³/mol. The average molecular weight is 156 g/mol. The van der Waals surface area contributed by atoms with E-state index in [0.29, 0.717) is 12.5 Å². The number of carbonyl (C=O) groups excluding carboxylic acids is 1. The molecule has 0 aromatic heterocycles. The number of hydrogen-bond donors (Lipinski definition) is 2. The van der Waals surface area contributed by atoms with E-state index in [0.717, 1.165) is 0 Å². The van der Waals surface area contributed by atoms with Gasteiger partial charge in [-0.15, -0.1) is 0 Å². The smallest absolute Gasteiger partial charge is 0.318 e. The summed E-state index contributed by atoms with van der Waals surface area (Å²) in [5, 5.41) is 5.27. The summed E-state index contributed by atoms with van der Waals surface area (Å²) < 4.78 is 0. The van der Waals surface area contributed by atoms with Crippen LogP contribution in [0.4, 0.5) is 4.79 Å². The summed E-state index contributed by atoms with van der Waals surface area (Å²) in [4.78, 5) is 10.8. The van der Waals surface area contributed by atoms with Crippen LogP contribution in [0.2, 0.25) is 0 Å². The van der Waals surface area contributed by atoms with Crippen LogP contribution in [-0.4, -0.2) is 12.6 Å². The number of hydrogen-bond acceptors (Lipinski definition) is 1. The van der Waals surface area contributed by atoms with Gasteiger partial charge < -0.3 is 10.6 Å². The molecule has 0 aliphatic carbocycles. The second-order valence-corrected chi connectivity index (χ2v) is 2.75. The van der Waals surface area contributed by atoms with Crippen molar-refractivity contribution in [3.63, 3.8) is 0 Å². The lowest BCUT2D eigenvalue weighted by atomic mass is 10.2. The van der Waals surface area contributed by atoms with Crippen molar-refractivity contribution in [3.8, 4) is 0 Å². The second-order valence-electron chi connectivity index (χ2n) is 2.75. The highest BCUT2D eigenvalue weighted by atomic mass is 16.2. The molecular formula is C8H16N2O. The molecule has 3 heteroatoms. The van der Waals surface area contributed by atoms with Crippen molar-refractivity contribution in [3.05, 3.63) is 12.3 Å². The number of amides is 2. The van der Waals surface area contributed by atoms with Gasteiger partial charge in [0, 0.05) is 12.7 Å². The summed E-state index contributed by atoms with van der Waals surface area (Å²) in [7, 11) is 0. The van der Waals surface area contributed by atoms with Crippen LogP contribution in [0.5, 0.6) is 0 Å². The molecule has 0 aromatic carbocycles. The van der Waals surface area contributed by atoms with Gasteiger partial charge in [0.15, 0.2) is 0 Å². The fourth-order valence-electron chi connectivity index (χ4n) is 0.507. The number of urea groups is 1. The molecule has 0 saturated heterocycles. The maximum absolute atomic E-state index is 10.8. The van der Waals surface area contributed by atoms with E-state index >= 15 is 0 Å². The van der Waals surface area contributed by atoms with E-state index < -0.39 is 0 Å². The van der Waals surface area contributed by atoms with E-state index in [9.17, 15) is 4.79 Å². The molecule has 0 unspecified atom stereocenters. The molecule has 2 amide bonds. The van der Waals surface area contributed by atoms with E-state index in [2.05, 4.69) is 24.5 Å². The third kappa shape index (κ3) is 6.90. The average Bonchev–Trinajstić information content (AvgIpc) is 1.97. The lowest BCUT2D eigenvalue weighted by Crippen LogP contribution is -2.34. The zero-order valence-electron chi connectivity index (χ0n) is 7.35. The van der Waals surface area contributed by atoms with Crippen molar-refractivity contribution in [2.75, 3.05) is 6.54 Å². The Kier molecular flexibility index (Phi) is 5.25. The Labute approximate surface area is 67.9 Å². The van der Waals surface area contributed by atoms with Crippen LogP contribution in [0.1, 0.15) is 20.8 Å². The molecule has 0 spiro atoms. The van der Waals surface area contributed by atoms with Gasteiger partial charge in [0.05, 0.1) is 0 Å². The molecule has 0 atom stereocenters. The fraction of sp³-hybridized carbons (Fsp3) is 0.625. The summed E-state index contributed by atoms with van der Waals surface area (Å²) in [5.74, 6) is 0.492. The minimum atomic E-state index is -0.142. The van der Waals surface area contributed by atoms with Gasteiger partial charge in [-0.25, -0.2) is 4.79 Å². The Balaban J connectivity index is 3.37. The molecule has 3 nitrogen and oxygen atoms in total. The van der Waals surface area contributed by atoms with Crippen molar-refractivity contribution in [1.29, 1.82) is 0 Å². The lowest BCUT2D eigenvalue weighted by Gasteiger charge is -2.05. The largest absolute Gasteiger partial charge is 0.338 e. The minimum absolute atomic E-state index is 0.142. The molecule has 0 rings (SSSR count). The number of allylic oxidation sites excluding steroid dienone is 1. The van der Waals surface area contributed by atoms with Gasteiger partial charge in [0.1, 0.15) is 0 Å². The van der Waals surface area contributed by atoms with Crippen LogP contribution in [0, 0.1) is 5.92 Å². The van der Waals surface area contributed by atoms with Crippen molar-refractivity contribution in [1.82, 2.24) is 10.6 Å². The number of rotatable bonds is 3. The Hall–Kier alpha value is -0.990. The van der Waals surface area contributed by atoms with E-state index in [4.69, 9.17) is 0 Å². The summed E-state index contributed by atoms with van der Waals surface area (Å²) in [6.45, 7) is 6.66. The normalized spacial score (nSPS) is 10.5. The molecule has 11 heavy (non-hydrogen) atoms. The van der Waals surface area contributed by atoms with Gasteiger partial charge in [-0.3, -0.25) is 0 Å². The molecule has 0 heterocycles. The van der Waals surface area contributed by atoms with Gasteiger partial charge in [0.25, 0.3) is 0 Å². The van der Waals surface area contributed by atoms with Crippen LogP contribution in [0.25, 0.3) is 0 Å². The highest BCUT2D eigenvalue weighted by Crippen LogP contribution is 1.85. The maximum atomic E-state index is 10.8. The van der Waals surface area contributed by atoms with Gasteiger partial charge in [-0.05, 0) is 12.8 Å². The minimum Gasteiger partial charge on any atom is -0.338 e. The Morgan fingerprint density at radius 3 is 2.64 bits per heavy atom. The molecule has 0 aliphatic heterocycles. The van der Waals surface area contributed by atoms with Gasteiger partial charge in [0.2, 0.25) is 0 Å². The first-order valence-corrected chi connectivity index (χ1v) is 3.82. The van der Waals surface area contributed by atoms with Crippen molar-refractivity contribution < 1.29 is 4.79 Å². The Morgan fingerprint density at radius 1 is 1.55 bits per heavy atom. The van der Waals surface area contributed by atoms with Crippen molar-refractivity contribution in [2.24, 2.45) is 5.92 Å². The molecular weight excluding hydrogens is 140 g/mol. The Bertz CT molecular complexity index is 141. The first kappa shape index (κ1) is 10.0. The number of nitrogens with one attached hydrogen (secondary N) is 2. The first-order valence-electron chi connectivity index (χ1n) is 3.82. The monoisotopic (exact) mass is 156 g/mol. The summed E-state index contributed by atoms with van der Waals surface area (Å²) >= 11 is 0. The Morgan fingerprint density at radius 2 is 2.18 bits per heavy atom. The molecule has 0 saturated carbocycles. The number of carbonyl (C=O) groups is 1. The molecule has 2 N–H and O–H groups in total. The van der Waals surface area contributed by atoms with Crippen LogP contribution in [0.3, 0.4) is 0 Å². The third-order valence-electron chi connectivity index (χ3n) is 1.05. The maximum Gasteiger partial charge on any atom is 0.318 e. The SMILES string of the molecule is C/C=C/NC(=O)NCC(C)C. The van der Waals surface area contributed by atoms with Crippen LogP contribution >= 0.6 is 0 Å². The highest BCUT2D eigenvalue weighted by Gasteiger charge is 1.96. The second kappa shape index (κ2) is 5.77. The van der Waals surface area contributed by atoms with Crippen molar-refractivity contribution >= 4 is 6.03 Å². The van der Waals surface area contributed by atoms with Crippen LogP contribution in [0.15, 0.2) is 12.3 Å². The van der Waals surface area contributed by atoms with Gasteiger partial charge in [-0.2, -0.15) is 0 Å². The third-order valence-corrected chi connectivity index (χ3v) is 1.05. The van der Waals surface area contributed by atoms with E-state index in [-0.39, 0.29) is 6.03 Å². The highest BCUT2D eigenvalue weighted by molar-refractivity contribution is 5.74. The molecule has 0 fully saturated rings. The molecule has 0 bridgehead atoms. The topological polar surface area (TPSA) is 41.1 Å². The zero-order chi connectivity index (χ0) is 8.69. The summed E-state index contributed by atoms with van der Waals surface area (Å²) in [6, 6.07) is -0.142. The van der Waals surface area contributed by atoms with Crippen LogP contribution in [-0.2, 0) is 0 Å². The van der Waals surface area contributed by atoms with Crippen molar-refractivity contribution in [2.45, 2.75) is 20.8 Å². The predicted octanol–water partition coefficient (Wildman–Crippen LogP) is 1.48. The molecule has 0 aliphatic rings. The van der Waals surface area contributed by atoms with Crippen LogP contribution < -0.4 is 10.6 Å². The molecule has 0 radical (unpaired) electrons. The van der Waals surface area contributed by atoms with Gasteiger partial charge >= 0.3 is 6.03 Å². The quantitative estimate of drug-likeness (QED) is 0.638. The van der Waals surface area contributed by atoms with Gasteiger partial charge in [-0.1, -0.05) is 19.9 Å². The van der Waals surface area contributed by atoms with E-state index in [1.54, 1.807) is 12.3 Å². The first-order chi connectivity index (χ1) is 5.16. The fourth-order valence-corrected chi connectivity index (χ4v) is 0.507. The van der Waals surface area contributed by atoms with E-state index in [1.165, 1.54) is 0 Å².